The number of rotatable bonds is 6. The van der Waals surface area contributed by atoms with Crippen molar-refractivity contribution in [1.29, 1.82) is 0 Å². The molecule has 1 aromatic carbocycles. The number of hydrogen-bond acceptors (Lipinski definition) is 2. The van der Waals surface area contributed by atoms with E-state index in [2.05, 4.69) is 29.8 Å². The molecule has 3 nitrogen and oxygen atoms in total. The molecule has 0 N–H and O–H groups in total. The van der Waals surface area contributed by atoms with Gasteiger partial charge in [-0.1, -0.05) is 36.2 Å². The second kappa shape index (κ2) is 7.53. The second-order valence-corrected chi connectivity index (χ2v) is 5.62. The van der Waals surface area contributed by atoms with Crippen molar-refractivity contribution < 1.29 is 9.53 Å². The van der Waals surface area contributed by atoms with Crippen LogP contribution in [0.25, 0.3) is 0 Å². The lowest BCUT2D eigenvalue weighted by atomic mass is 10.1. The van der Waals surface area contributed by atoms with Crippen LogP contribution in [0.15, 0.2) is 22.7 Å². The number of ether oxygens (including phenoxy) is 1. The minimum absolute atomic E-state index is 0.0287. The highest BCUT2D eigenvalue weighted by atomic mass is 79.9. The maximum Gasteiger partial charge on any atom is 0.257 e. The SMILES string of the molecule is CCC(C)CN(CC)C(=O)c1cc(Br)ccc1OC. The van der Waals surface area contributed by atoms with E-state index >= 15 is 0 Å². The molecule has 0 spiro atoms. The number of halogens is 1. The van der Waals surface area contributed by atoms with Gasteiger partial charge in [-0.3, -0.25) is 4.79 Å². The van der Waals surface area contributed by atoms with E-state index in [-0.39, 0.29) is 5.91 Å². The Kier molecular flexibility index (Phi) is 6.35. The zero-order valence-electron chi connectivity index (χ0n) is 12.1. The van der Waals surface area contributed by atoms with Gasteiger partial charge in [0.25, 0.3) is 5.91 Å². The molecule has 1 unspecified atom stereocenters. The van der Waals surface area contributed by atoms with Gasteiger partial charge in [-0.15, -0.1) is 0 Å². The molecule has 1 rings (SSSR count). The van der Waals surface area contributed by atoms with Crippen molar-refractivity contribution in [3.63, 3.8) is 0 Å². The minimum atomic E-state index is 0.0287. The Balaban J connectivity index is 2.99. The quantitative estimate of drug-likeness (QED) is 0.791. The Hall–Kier alpha value is -1.03. The van der Waals surface area contributed by atoms with E-state index in [4.69, 9.17) is 4.74 Å². The molecule has 1 atom stereocenters. The van der Waals surface area contributed by atoms with Crippen LogP contribution in [0.4, 0.5) is 0 Å². The molecule has 1 amide bonds. The Morgan fingerprint density at radius 1 is 1.42 bits per heavy atom. The summed E-state index contributed by atoms with van der Waals surface area (Å²) in [4.78, 5) is 14.5. The zero-order valence-corrected chi connectivity index (χ0v) is 13.7. The van der Waals surface area contributed by atoms with Crippen LogP contribution in [0.2, 0.25) is 0 Å². The molecule has 0 aromatic heterocycles. The fourth-order valence-corrected chi connectivity index (χ4v) is 2.24. The number of nitrogens with zero attached hydrogens (tertiary/aromatic N) is 1. The van der Waals surface area contributed by atoms with Gasteiger partial charge in [0, 0.05) is 17.6 Å². The summed E-state index contributed by atoms with van der Waals surface area (Å²) in [6.45, 7) is 7.79. The molecule has 0 aliphatic heterocycles. The lowest BCUT2D eigenvalue weighted by Gasteiger charge is -2.25. The van der Waals surface area contributed by atoms with Crippen molar-refractivity contribution in [2.75, 3.05) is 20.2 Å². The maximum atomic E-state index is 12.6. The third kappa shape index (κ3) is 4.23. The van der Waals surface area contributed by atoms with E-state index in [1.807, 2.05) is 30.0 Å². The van der Waals surface area contributed by atoms with E-state index in [0.717, 1.165) is 17.4 Å². The standard InChI is InChI=1S/C15H22BrNO2/c1-5-11(3)10-17(6-2)15(18)13-9-12(16)7-8-14(13)19-4/h7-9,11H,5-6,10H2,1-4H3. The van der Waals surface area contributed by atoms with Gasteiger partial charge in [0.05, 0.1) is 12.7 Å². The molecule has 0 radical (unpaired) electrons. The first-order valence-corrected chi connectivity index (χ1v) is 7.45. The molecule has 0 fully saturated rings. The number of benzene rings is 1. The third-order valence-corrected chi connectivity index (χ3v) is 3.78. The average Bonchev–Trinajstić information content (AvgIpc) is 2.43. The lowest BCUT2D eigenvalue weighted by molar-refractivity contribution is 0.0737. The van der Waals surface area contributed by atoms with Crippen LogP contribution in [0, 0.1) is 5.92 Å². The summed E-state index contributed by atoms with van der Waals surface area (Å²) in [7, 11) is 1.59. The van der Waals surface area contributed by atoms with Gasteiger partial charge in [0.15, 0.2) is 0 Å². The van der Waals surface area contributed by atoms with Gasteiger partial charge in [-0.2, -0.15) is 0 Å². The van der Waals surface area contributed by atoms with Gasteiger partial charge in [0.1, 0.15) is 5.75 Å². The Bertz CT molecular complexity index is 434. The van der Waals surface area contributed by atoms with Crippen molar-refractivity contribution in [2.45, 2.75) is 27.2 Å². The second-order valence-electron chi connectivity index (χ2n) is 4.70. The smallest absolute Gasteiger partial charge is 0.257 e. The minimum Gasteiger partial charge on any atom is -0.496 e. The van der Waals surface area contributed by atoms with Gasteiger partial charge in [-0.05, 0) is 31.0 Å². The molecular weight excluding hydrogens is 306 g/mol. The van der Waals surface area contributed by atoms with Crippen LogP contribution >= 0.6 is 15.9 Å². The topological polar surface area (TPSA) is 29.5 Å². The van der Waals surface area contributed by atoms with E-state index in [1.165, 1.54) is 0 Å². The molecule has 106 valence electrons. The van der Waals surface area contributed by atoms with Crippen LogP contribution < -0.4 is 4.74 Å². The predicted molar refractivity (Wildman–Crippen MR) is 81.7 cm³/mol. The molecular formula is C15H22BrNO2. The van der Waals surface area contributed by atoms with E-state index < -0.39 is 0 Å². The highest BCUT2D eigenvalue weighted by Gasteiger charge is 2.20. The monoisotopic (exact) mass is 327 g/mol. The summed E-state index contributed by atoms with van der Waals surface area (Å²) in [6, 6.07) is 5.51. The zero-order chi connectivity index (χ0) is 14.4. The number of hydrogen-bond donors (Lipinski definition) is 0. The van der Waals surface area contributed by atoms with Crippen molar-refractivity contribution in [2.24, 2.45) is 5.92 Å². The number of methoxy groups -OCH3 is 1. The fourth-order valence-electron chi connectivity index (χ4n) is 1.88. The third-order valence-electron chi connectivity index (χ3n) is 3.29. The molecule has 0 heterocycles. The van der Waals surface area contributed by atoms with E-state index in [9.17, 15) is 4.79 Å². The van der Waals surface area contributed by atoms with Gasteiger partial charge in [-0.25, -0.2) is 0 Å². The molecule has 0 bridgehead atoms. The fraction of sp³-hybridized carbons (Fsp3) is 0.533. The maximum absolute atomic E-state index is 12.6. The van der Waals surface area contributed by atoms with Crippen molar-refractivity contribution >= 4 is 21.8 Å². The number of carbonyl (C=O) groups is 1. The Labute approximate surface area is 124 Å². The first-order valence-electron chi connectivity index (χ1n) is 6.66. The summed E-state index contributed by atoms with van der Waals surface area (Å²) in [5, 5.41) is 0. The van der Waals surface area contributed by atoms with Crippen LogP contribution in [0.1, 0.15) is 37.6 Å². The van der Waals surface area contributed by atoms with Crippen LogP contribution in [-0.4, -0.2) is 31.0 Å². The summed E-state index contributed by atoms with van der Waals surface area (Å²) in [5.41, 5.74) is 0.613. The summed E-state index contributed by atoms with van der Waals surface area (Å²) in [6.07, 6.45) is 1.07. The van der Waals surface area contributed by atoms with E-state index in [1.54, 1.807) is 7.11 Å². The molecule has 0 aliphatic rings. The molecule has 0 saturated heterocycles. The van der Waals surface area contributed by atoms with Gasteiger partial charge in [0.2, 0.25) is 0 Å². The molecule has 4 heteroatoms. The molecule has 0 saturated carbocycles. The largest absolute Gasteiger partial charge is 0.496 e. The molecule has 1 aromatic rings. The van der Waals surface area contributed by atoms with Crippen LogP contribution in [0.5, 0.6) is 5.75 Å². The van der Waals surface area contributed by atoms with Crippen LogP contribution in [0.3, 0.4) is 0 Å². The number of amides is 1. The van der Waals surface area contributed by atoms with Crippen LogP contribution in [-0.2, 0) is 0 Å². The molecule has 0 aliphatic carbocycles. The van der Waals surface area contributed by atoms with Gasteiger partial charge < -0.3 is 9.64 Å². The first kappa shape index (κ1) is 16.0. The summed E-state index contributed by atoms with van der Waals surface area (Å²) >= 11 is 3.40. The average molecular weight is 328 g/mol. The summed E-state index contributed by atoms with van der Waals surface area (Å²) < 4.78 is 6.16. The van der Waals surface area contributed by atoms with Gasteiger partial charge >= 0.3 is 0 Å². The van der Waals surface area contributed by atoms with Crippen molar-refractivity contribution in [1.82, 2.24) is 4.90 Å². The number of carbonyl (C=O) groups excluding carboxylic acids is 1. The normalized spacial score (nSPS) is 12.1. The lowest BCUT2D eigenvalue weighted by Crippen LogP contribution is -2.34. The van der Waals surface area contributed by atoms with Crippen molar-refractivity contribution in [3.8, 4) is 5.75 Å². The summed E-state index contributed by atoms with van der Waals surface area (Å²) in [5.74, 6) is 1.15. The predicted octanol–water partition coefficient (Wildman–Crippen LogP) is 3.97. The Morgan fingerprint density at radius 2 is 2.11 bits per heavy atom. The Morgan fingerprint density at radius 3 is 2.63 bits per heavy atom. The highest BCUT2D eigenvalue weighted by molar-refractivity contribution is 9.10. The molecule has 19 heavy (non-hydrogen) atoms. The first-order chi connectivity index (χ1) is 9.03. The highest BCUT2D eigenvalue weighted by Crippen LogP contribution is 2.24. The van der Waals surface area contributed by atoms with Crippen molar-refractivity contribution in [3.05, 3.63) is 28.2 Å². The van der Waals surface area contributed by atoms with E-state index in [0.29, 0.717) is 23.8 Å².